The Kier molecular flexibility index (Phi) is 4.53. The molecule has 0 nitrogen and oxygen atoms in total. The van der Waals surface area contributed by atoms with Crippen LogP contribution >= 0.6 is 11.6 Å². The smallest absolute Gasteiger partial charge is 0.0406 e. The molecule has 3 aromatic rings. The van der Waals surface area contributed by atoms with E-state index in [0.29, 0.717) is 5.92 Å². The first kappa shape index (κ1) is 16.9. The molecule has 0 aromatic heterocycles. The zero-order valence-corrected chi connectivity index (χ0v) is 15.8. The number of fused-ring (bicyclic) bond motifs is 3. The SMILES string of the molecule is C/C=C\C=C1\c2cc(-c3ccc(Cl)cc3)ccc2-c2ccccc2[C@@H]1C. The number of halogens is 1. The second-order valence-corrected chi connectivity index (χ2v) is 7.16. The van der Waals surface area contributed by atoms with Crippen molar-refractivity contribution >= 4 is 17.2 Å². The summed E-state index contributed by atoms with van der Waals surface area (Å²) in [6, 6.07) is 23.6. The summed E-state index contributed by atoms with van der Waals surface area (Å²) in [6.45, 7) is 4.36. The zero-order chi connectivity index (χ0) is 18.1. The van der Waals surface area contributed by atoms with Gasteiger partial charge in [-0.3, -0.25) is 0 Å². The number of benzene rings is 3. The van der Waals surface area contributed by atoms with Crippen molar-refractivity contribution in [1.82, 2.24) is 0 Å². The lowest BCUT2D eigenvalue weighted by atomic mass is 9.75. The van der Waals surface area contributed by atoms with E-state index in [-0.39, 0.29) is 0 Å². The van der Waals surface area contributed by atoms with Crippen molar-refractivity contribution in [2.24, 2.45) is 0 Å². The molecule has 0 amide bonds. The lowest BCUT2D eigenvalue weighted by Crippen LogP contribution is -2.08. The van der Waals surface area contributed by atoms with Crippen LogP contribution in [-0.2, 0) is 0 Å². The van der Waals surface area contributed by atoms with E-state index >= 15 is 0 Å². The summed E-state index contributed by atoms with van der Waals surface area (Å²) in [5, 5.41) is 0.767. The first-order valence-corrected chi connectivity index (χ1v) is 9.39. The molecule has 4 rings (SSSR count). The average Bonchev–Trinajstić information content (AvgIpc) is 2.68. The molecule has 1 aliphatic rings. The van der Waals surface area contributed by atoms with E-state index in [2.05, 4.69) is 86.7 Å². The van der Waals surface area contributed by atoms with Gasteiger partial charge in [0.05, 0.1) is 0 Å². The molecule has 26 heavy (non-hydrogen) atoms. The maximum Gasteiger partial charge on any atom is 0.0406 e. The van der Waals surface area contributed by atoms with Crippen LogP contribution in [0.2, 0.25) is 5.02 Å². The Labute approximate surface area is 160 Å². The van der Waals surface area contributed by atoms with Crippen molar-refractivity contribution in [2.45, 2.75) is 19.8 Å². The summed E-state index contributed by atoms with van der Waals surface area (Å²) in [7, 11) is 0. The quantitative estimate of drug-likeness (QED) is 0.440. The maximum atomic E-state index is 6.05. The largest absolute Gasteiger partial charge is 0.0877 e. The monoisotopic (exact) mass is 356 g/mol. The Morgan fingerprint density at radius 1 is 0.808 bits per heavy atom. The van der Waals surface area contributed by atoms with Crippen LogP contribution < -0.4 is 0 Å². The highest BCUT2D eigenvalue weighted by Crippen LogP contribution is 2.47. The minimum atomic E-state index is 0.371. The first-order chi connectivity index (χ1) is 12.7. The van der Waals surface area contributed by atoms with Gasteiger partial charge in [-0.25, -0.2) is 0 Å². The third-order valence-corrected chi connectivity index (χ3v) is 5.41. The minimum Gasteiger partial charge on any atom is -0.0877 e. The van der Waals surface area contributed by atoms with Gasteiger partial charge in [0.2, 0.25) is 0 Å². The molecule has 1 aliphatic carbocycles. The molecule has 0 spiro atoms. The Balaban J connectivity index is 1.94. The minimum absolute atomic E-state index is 0.371. The molecule has 0 bridgehead atoms. The third-order valence-electron chi connectivity index (χ3n) is 5.16. The van der Waals surface area contributed by atoms with Crippen molar-refractivity contribution in [3.8, 4) is 22.3 Å². The van der Waals surface area contributed by atoms with E-state index in [9.17, 15) is 0 Å². The molecule has 1 heteroatoms. The van der Waals surface area contributed by atoms with Crippen molar-refractivity contribution in [3.63, 3.8) is 0 Å². The van der Waals surface area contributed by atoms with Gasteiger partial charge in [-0.05, 0) is 64.1 Å². The summed E-state index contributed by atoms with van der Waals surface area (Å²) in [6.07, 6.45) is 6.48. The van der Waals surface area contributed by atoms with E-state index in [1.165, 1.54) is 39.0 Å². The topological polar surface area (TPSA) is 0 Å². The summed E-state index contributed by atoms with van der Waals surface area (Å²) >= 11 is 6.05. The van der Waals surface area contributed by atoms with Gasteiger partial charge < -0.3 is 0 Å². The number of hydrogen-bond donors (Lipinski definition) is 0. The van der Waals surface area contributed by atoms with Gasteiger partial charge in [-0.1, -0.05) is 85.3 Å². The predicted molar refractivity (Wildman–Crippen MR) is 114 cm³/mol. The maximum absolute atomic E-state index is 6.05. The van der Waals surface area contributed by atoms with Gasteiger partial charge in [0.1, 0.15) is 0 Å². The van der Waals surface area contributed by atoms with Crippen molar-refractivity contribution in [1.29, 1.82) is 0 Å². The lowest BCUT2D eigenvalue weighted by molar-refractivity contribution is 0.979. The summed E-state index contributed by atoms with van der Waals surface area (Å²) in [4.78, 5) is 0. The molecule has 0 saturated carbocycles. The van der Waals surface area contributed by atoms with E-state index in [0.717, 1.165) is 5.02 Å². The third kappa shape index (κ3) is 2.91. The summed E-state index contributed by atoms with van der Waals surface area (Å²) < 4.78 is 0. The van der Waals surface area contributed by atoms with Crippen LogP contribution in [0.3, 0.4) is 0 Å². The molecule has 0 heterocycles. The molecule has 0 unspecified atom stereocenters. The van der Waals surface area contributed by atoms with E-state index in [1.807, 2.05) is 12.1 Å². The van der Waals surface area contributed by atoms with Crippen LogP contribution in [0.1, 0.15) is 30.9 Å². The van der Waals surface area contributed by atoms with E-state index < -0.39 is 0 Å². The van der Waals surface area contributed by atoms with Crippen molar-refractivity contribution in [3.05, 3.63) is 101 Å². The van der Waals surface area contributed by atoms with Gasteiger partial charge in [-0.15, -0.1) is 0 Å². The Bertz CT molecular complexity index is 1010. The Morgan fingerprint density at radius 2 is 1.54 bits per heavy atom. The van der Waals surface area contributed by atoms with Crippen LogP contribution in [0.15, 0.2) is 85.0 Å². The van der Waals surface area contributed by atoms with Gasteiger partial charge in [-0.2, -0.15) is 0 Å². The van der Waals surface area contributed by atoms with Crippen LogP contribution in [0.4, 0.5) is 0 Å². The first-order valence-electron chi connectivity index (χ1n) is 9.01. The zero-order valence-electron chi connectivity index (χ0n) is 15.0. The van der Waals surface area contributed by atoms with Crippen LogP contribution in [0.25, 0.3) is 27.8 Å². The van der Waals surface area contributed by atoms with Gasteiger partial charge >= 0.3 is 0 Å². The fourth-order valence-corrected chi connectivity index (χ4v) is 3.92. The molecule has 0 saturated heterocycles. The predicted octanol–water partition coefficient (Wildman–Crippen LogP) is 7.75. The van der Waals surface area contributed by atoms with Gasteiger partial charge in [0.25, 0.3) is 0 Å². The van der Waals surface area contributed by atoms with Crippen molar-refractivity contribution in [2.75, 3.05) is 0 Å². The summed E-state index contributed by atoms with van der Waals surface area (Å²) in [5.74, 6) is 0.371. The van der Waals surface area contributed by atoms with Crippen LogP contribution in [0, 0.1) is 0 Å². The highest BCUT2D eigenvalue weighted by molar-refractivity contribution is 6.30. The molecule has 0 fully saturated rings. The molecule has 128 valence electrons. The van der Waals surface area contributed by atoms with Gasteiger partial charge in [0.15, 0.2) is 0 Å². The normalized spacial score (nSPS) is 17.3. The van der Waals surface area contributed by atoms with Crippen LogP contribution in [0.5, 0.6) is 0 Å². The molecule has 3 aromatic carbocycles. The molecule has 0 radical (unpaired) electrons. The van der Waals surface area contributed by atoms with E-state index in [4.69, 9.17) is 11.6 Å². The fourth-order valence-electron chi connectivity index (χ4n) is 3.79. The highest BCUT2D eigenvalue weighted by atomic mass is 35.5. The fraction of sp³-hybridized carbons (Fsp3) is 0.120. The Morgan fingerprint density at radius 3 is 2.31 bits per heavy atom. The molecule has 0 aliphatic heterocycles. The molecule has 1 atom stereocenters. The Hall–Kier alpha value is -2.57. The average molecular weight is 357 g/mol. The highest BCUT2D eigenvalue weighted by Gasteiger charge is 2.25. The number of rotatable bonds is 2. The number of allylic oxidation sites excluding steroid dienone is 4. The number of hydrogen-bond acceptors (Lipinski definition) is 0. The van der Waals surface area contributed by atoms with E-state index in [1.54, 1.807) is 0 Å². The molecular formula is C25H21Cl. The second kappa shape index (κ2) is 6.97. The lowest BCUT2D eigenvalue weighted by Gasteiger charge is -2.29. The van der Waals surface area contributed by atoms with Crippen LogP contribution in [-0.4, -0.2) is 0 Å². The molecular weight excluding hydrogens is 336 g/mol. The van der Waals surface area contributed by atoms with Crippen molar-refractivity contribution < 1.29 is 0 Å². The summed E-state index contributed by atoms with van der Waals surface area (Å²) in [5.41, 5.74) is 9.15. The second-order valence-electron chi connectivity index (χ2n) is 6.72. The van der Waals surface area contributed by atoms with Gasteiger partial charge in [0, 0.05) is 10.9 Å². The molecule has 0 N–H and O–H groups in total. The standard InChI is InChI=1S/C25H21Cl/c1-3-4-7-22-17(2)21-8-5-6-9-23(21)24-15-12-19(16-25(22)24)18-10-13-20(26)14-11-18/h3-17H,1-2H3/b4-3-,22-7+/t17-/m0/s1.